The van der Waals surface area contributed by atoms with Crippen LogP contribution in [0.1, 0.15) is 63.9 Å². The average Bonchev–Trinajstić information content (AvgIpc) is 2.65. The predicted octanol–water partition coefficient (Wildman–Crippen LogP) is 2.49. The molecule has 2 rings (SSSR count). The number of rotatable bonds is 12. The van der Waals surface area contributed by atoms with Crippen molar-refractivity contribution in [1.82, 2.24) is 0 Å². The standard InChI is InChI=1S/C22H30O5S.Na/c1-2-3-4-5-6-7-8-9-12-18-13-10-14-19(17-18)27-22-20(23)15-11-16-21(22)28(24,25)26;/h10-11,13-17,23H,2-9,12H2,1H3,(H,24,25,26);/q;+1/p-1. The third kappa shape index (κ3) is 9.09. The van der Waals surface area contributed by atoms with Crippen molar-refractivity contribution in [2.24, 2.45) is 0 Å². The minimum Gasteiger partial charge on any atom is -0.870 e. The summed E-state index contributed by atoms with van der Waals surface area (Å²) in [5.41, 5.74) is 1.07. The van der Waals surface area contributed by atoms with Gasteiger partial charge in [0.1, 0.15) is 16.4 Å². The Morgan fingerprint density at radius 3 is 2.21 bits per heavy atom. The van der Waals surface area contributed by atoms with E-state index in [2.05, 4.69) is 6.92 Å². The van der Waals surface area contributed by atoms with E-state index in [4.69, 9.17) is 4.74 Å². The summed E-state index contributed by atoms with van der Waals surface area (Å²) in [6, 6.07) is 10.9. The first-order chi connectivity index (χ1) is 13.4. The molecule has 0 aliphatic carbocycles. The number of hydrogen-bond donors (Lipinski definition) is 1. The van der Waals surface area contributed by atoms with Crippen LogP contribution in [0.15, 0.2) is 47.4 Å². The third-order valence-corrected chi connectivity index (χ3v) is 5.54. The van der Waals surface area contributed by atoms with E-state index in [0.29, 0.717) is 5.75 Å². The van der Waals surface area contributed by atoms with E-state index >= 15 is 0 Å². The normalized spacial score (nSPS) is 11.1. The number of aryl methyl sites for hydroxylation is 1. The van der Waals surface area contributed by atoms with Crippen molar-refractivity contribution in [3.05, 3.63) is 48.0 Å². The molecule has 0 saturated heterocycles. The molecule has 0 aromatic heterocycles. The van der Waals surface area contributed by atoms with Crippen molar-refractivity contribution >= 4 is 10.1 Å². The minimum absolute atomic E-state index is 0. The molecule has 5 nitrogen and oxygen atoms in total. The van der Waals surface area contributed by atoms with Gasteiger partial charge in [-0.3, -0.25) is 4.55 Å². The molecule has 0 spiro atoms. The van der Waals surface area contributed by atoms with Crippen LogP contribution in [0.5, 0.6) is 17.2 Å². The van der Waals surface area contributed by atoms with E-state index < -0.39 is 20.8 Å². The first kappa shape index (κ1) is 26.0. The topological polar surface area (TPSA) is 86.7 Å². The van der Waals surface area contributed by atoms with Crippen LogP contribution in [-0.2, 0) is 16.5 Å². The molecule has 0 aliphatic heterocycles. The molecule has 0 aliphatic rings. The predicted molar refractivity (Wildman–Crippen MR) is 109 cm³/mol. The molecule has 0 amide bonds. The zero-order chi connectivity index (χ0) is 20.4. The number of hydrogen-bond acceptors (Lipinski definition) is 4. The smallest absolute Gasteiger partial charge is 0.870 e. The molecule has 154 valence electrons. The van der Waals surface area contributed by atoms with Crippen LogP contribution >= 0.6 is 0 Å². The Bertz CT molecular complexity index is 852. The zero-order valence-corrected chi connectivity index (χ0v) is 20.2. The molecule has 0 saturated carbocycles. The maximum atomic E-state index is 12.0. The number of unbranched alkanes of at least 4 members (excludes halogenated alkanes) is 7. The summed E-state index contributed by atoms with van der Waals surface area (Å²) in [6.07, 6.45) is 10.9. The van der Waals surface area contributed by atoms with Gasteiger partial charge in [0, 0.05) is 0 Å². The second kappa shape index (κ2) is 13.3. The van der Waals surface area contributed by atoms with Gasteiger partial charge >= 0.3 is 29.6 Å². The van der Waals surface area contributed by atoms with E-state index in [0.717, 1.165) is 24.5 Å². The summed E-state index contributed by atoms with van der Waals surface area (Å²) in [4.78, 5) is -0.520. The molecule has 7 heteroatoms. The van der Waals surface area contributed by atoms with Crippen molar-refractivity contribution in [2.75, 3.05) is 0 Å². The van der Waals surface area contributed by atoms with Crippen LogP contribution in [0.25, 0.3) is 0 Å². The van der Waals surface area contributed by atoms with Crippen molar-refractivity contribution in [3.8, 4) is 17.2 Å². The Balaban J connectivity index is 0.00000420. The molecule has 2 aromatic carbocycles. The van der Waals surface area contributed by atoms with Crippen molar-refractivity contribution in [3.63, 3.8) is 0 Å². The van der Waals surface area contributed by atoms with E-state index in [-0.39, 0.29) is 35.3 Å². The molecular formula is C22H29NaO5S. The van der Waals surface area contributed by atoms with Crippen LogP contribution in [0.2, 0.25) is 0 Å². The van der Waals surface area contributed by atoms with E-state index in [1.165, 1.54) is 57.1 Å². The monoisotopic (exact) mass is 428 g/mol. The Labute approximate surface area is 196 Å². The van der Waals surface area contributed by atoms with E-state index in [1.54, 1.807) is 6.07 Å². The summed E-state index contributed by atoms with van der Waals surface area (Å²) in [7, 11) is -4.54. The minimum atomic E-state index is -4.54. The van der Waals surface area contributed by atoms with Crippen LogP contribution < -0.4 is 39.4 Å². The second-order valence-corrected chi connectivity index (χ2v) is 8.42. The number of para-hydroxylation sites is 1. The Morgan fingerprint density at radius 2 is 1.55 bits per heavy atom. The maximum absolute atomic E-state index is 12.0. The summed E-state index contributed by atoms with van der Waals surface area (Å²) >= 11 is 0. The van der Waals surface area contributed by atoms with Gasteiger partial charge in [0.05, 0.1) is 0 Å². The van der Waals surface area contributed by atoms with Gasteiger partial charge in [-0.2, -0.15) is 8.42 Å². The number of benzene rings is 2. The van der Waals surface area contributed by atoms with E-state index in [1.807, 2.05) is 18.2 Å². The molecular weight excluding hydrogens is 399 g/mol. The summed E-state index contributed by atoms with van der Waals surface area (Å²) in [5, 5.41) is 12.0. The van der Waals surface area contributed by atoms with Gasteiger partial charge in [0.2, 0.25) is 0 Å². The zero-order valence-electron chi connectivity index (χ0n) is 17.4. The molecule has 1 N–H and O–H groups in total. The largest absolute Gasteiger partial charge is 1.00 e. The Kier molecular flexibility index (Phi) is 11.9. The van der Waals surface area contributed by atoms with Gasteiger partial charge in [-0.15, -0.1) is 0 Å². The van der Waals surface area contributed by atoms with Crippen LogP contribution in [0.3, 0.4) is 0 Å². The molecule has 0 radical (unpaired) electrons. The quantitative estimate of drug-likeness (QED) is 0.319. The molecule has 2 aromatic rings. The third-order valence-electron chi connectivity index (χ3n) is 4.66. The van der Waals surface area contributed by atoms with Crippen LogP contribution in [-0.4, -0.2) is 13.0 Å². The Morgan fingerprint density at radius 1 is 0.931 bits per heavy atom. The molecule has 0 heterocycles. The molecule has 0 fully saturated rings. The second-order valence-electron chi connectivity index (χ2n) is 7.03. The van der Waals surface area contributed by atoms with Crippen molar-refractivity contribution in [2.45, 2.75) is 69.6 Å². The van der Waals surface area contributed by atoms with Crippen molar-refractivity contribution < 1.29 is 52.4 Å². The van der Waals surface area contributed by atoms with Gasteiger partial charge < -0.3 is 9.84 Å². The van der Waals surface area contributed by atoms with Gasteiger partial charge in [-0.25, -0.2) is 0 Å². The van der Waals surface area contributed by atoms with Crippen LogP contribution in [0, 0.1) is 0 Å². The Hall–Kier alpha value is -1.05. The molecule has 0 atom stereocenters. The van der Waals surface area contributed by atoms with Gasteiger partial charge in [0.25, 0.3) is 10.1 Å². The molecule has 29 heavy (non-hydrogen) atoms. The molecule has 0 unspecified atom stereocenters. The van der Waals surface area contributed by atoms with Crippen molar-refractivity contribution in [1.29, 1.82) is 0 Å². The summed E-state index contributed by atoms with van der Waals surface area (Å²) in [6.45, 7) is 2.22. The first-order valence-corrected chi connectivity index (χ1v) is 11.4. The molecule has 0 bridgehead atoms. The maximum Gasteiger partial charge on any atom is 1.00 e. The van der Waals surface area contributed by atoms with Crippen LogP contribution in [0.4, 0.5) is 0 Å². The van der Waals surface area contributed by atoms with Gasteiger partial charge in [-0.05, 0) is 36.6 Å². The van der Waals surface area contributed by atoms with E-state index in [9.17, 15) is 18.1 Å². The fraction of sp³-hybridized carbons (Fsp3) is 0.455. The fourth-order valence-corrected chi connectivity index (χ4v) is 3.77. The van der Waals surface area contributed by atoms with Gasteiger partial charge in [0.15, 0.2) is 0 Å². The average molecular weight is 429 g/mol. The van der Waals surface area contributed by atoms with Gasteiger partial charge in [-0.1, -0.05) is 81.9 Å². The number of ether oxygens (including phenoxy) is 1. The fourth-order valence-electron chi connectivity index (χ4n) is 3.14. The summed E-state index contributed by atoms with van der Waals surface area (Å²) in [5.74, 6) is -0.594. The first-order valence-electron chi connectivity index (χ1n) is 9.96. The SMILES string of the molecule is CCCCCCCCCCc1cccc(Oc2c([O-])cccc2S(=O)(=O)O)c1.[Na+]. The summed E-state index contributed by atoms with van der Waals surface area (Å²) < 4.78 is 37.8.